The van der Waals surface area contributed by atoms with Crippen LogP contribution in [-0.2, 0) is 14.1 Å². The lowest BCUT2D eigenvalue weighted by Gasteiger charge is -1.96. The van der Waals surface area contributed by atoms with Crippen molar-refractivity contribution < 1.29 is 0 Å². The normalized spacial score (nSPS) is 9.60. The third-order valence-corrected chi connectivity index (χ3v) is 2.37. The fourth-order valence-corrected chi connectivity index (χ4v) is 1.20. The van der Waals surface area contributed by atoms with Gasteiger partial charge in [0.2, 0.25) is 5.95 Å². The van der Waals surface area contributed by atoms with Crippen LogP contribution in [0.5, 0.6) is 0 Å². The van der Waals surface area contributed by atoms with Crippen molar-refractivity contribution in [3.05, 3.63) is 49.4 Å². The second-order valence-electron chi connectivity index (χ2n) is 4.01. The standard InChI is InChI=1S/C6H8N2O2.C5H8N4O/c1-4-3-8(2)6(10)7-5(4)9;1-6-4-7-3-9(2)5(10)8-4/h3H,1-2H3,(H,7,9,10);3H,1-2H3,(H,6,8,10). The molecule has 2 heterocycles. The van der Waals surface area contributed by atoms with Crippen molar-refractivity contribution in [3.63, 3.8) is 0 Å². The van der Waals surface area contributed by atoms with E-state index in [1.807, 2.05) is 0 Å². The summed E-state index contributed by atoms with van der Waals surface area (Å²) in [6.45, 7) is 1.65. The fraction of sp³-hybridized carbons (Fsp3) is 0.364. The summed E-state index contributed by atoms with van der Waals surface area (Å²) < 4.78 is 2.64. The first-order valence-corrected chi connectivity index (χ1v) is 5.69. The molecule has 0 unspecified atom stereocenters. The van der Waals surface area contributed by atoms with Gasteiger partial charge in [0, 0.05) is 32.9 Å². The van der Waals surface area contributed by atoms with Crippen molar-refractivity contribution in [1.29, 1.82) is 0 Å². The Balaban J connectivity index is 0.000000200. The van der Waals surface area contributed by atoms with Gasteiger partial charge in [0.1, 0.15) is 6.33 Å². The summed E-state index contributed by atoms with van der Waals surface area (Å²) in [5, 5.41) is 2.66. The number of H-pyrrole nitrogens is 1. The molecule has 0 radical (unpaired) electrons. The highest BCUT2D eigenvalue weighted by Crippen LogP contribution is 1.84. The molecule has 2 aromatic heterocycles. The number of anilines is 1. The minimum atomic E-state index is -0.379. The number of hydrogen-bond donors (Lipinski definition) is 2. The summed E-state index contributed by atoms with van der Waals surface area (Å²) >= 11 is 0. The quantitative estimate of drug-likeness (QED) is 0.664. The maximum absolute atomic E-state index is 10.8. The van der Waals surface area contributed by atoms with Gasteiger partial charge in [0.05, 0.1) is 0 Å². The summed E-state index contributed by atoms with van der Waals surface area (Å²) in [5.74, 6) is 0.350. The SMILES string of the molecule is CNc1ncn(C)c(=O)n1.Cc1cn(C)c(=O)[nH]c1=O. The van der Waals surface area contributed by atoms with Gasteiger partial charge in [-0.05, 0) is 6.92 Å². The highest BCUT2D eigenvalue weighted by atomic mass is 16.2. The molecule has 0 amide bonds. The molecular weight excluding hydrogens is 264 g/mol. The van der Waals surface area contributed by atoms with E-state index in [0.29, 0.717) is 11.5 Å². The zero-order valence-electron chi connectivity index (χ0n) is 11.7. The van der Waals surface area contributed by atoms with Crippen LogP contribution in [0.1, 0.15) is 5.56 Å². The van der Waals surface area contributed by atoms with Gasteiger partial charge in [-0.15, -0.1) is 0 Å². The van der Waals surface area contributed by atoms with Gasteiger partial charge >= 0.3 is 11.4 Å². The minimum absolute atomic E-state index is 0.306. The molecule has 0 aromatic carbocycles. The second-order valence-corrected chi connectivity index (χ2v) is 4.01. The molecule has 0 saturated carbocycles. The lowest BCUT2D eigenvalue weighted by Crippen LogP contribution is -2.28. The van der Waals surface area contributed by atoms with Crippen LogP contribution in [0.15, 0.2) is 26.9 Å². The van der Waals surface area contributed by atoms with Gasteiger partial charge in [-0.1, -0.05) is 0 Å². The Morgan fingerprint density at radius 1 is 1.20 bits per heavy atom. The van der Waals surface area contributed by atoms with Gasteiger partial charge in [0.15, 0.2) is 0 Å². The minimum Gasteiger partial charge on any atom is -0.357 e. The molecule has 0 aliphatic rings. The van der Waals surface area contributed by atoms with E-state index in [-0.39, 0.29) is 16.9 Å². The molecule has 0 aliphatic carbocycles. The lowest BCUT2D eigenvalue weighted by molar-refractivity contribution is 0.774. The van der Waals surface area contributed by atoms with Gasteiger partial charge in [0.25, 0.3) is 5.56 Å². The molecule has 108 valence electrons. The number of hydrogen-bond acceptors (Lipinski definition) is 6. The summed E-state index contributed by atoms with van der Waals surface area (Å²) in [5.41, 5.74) is -0.458. The van der Waals surface area contributed by atoms with Crippen molar-refractivity contribution >= 4 is 5.95 Å². The molecule has 20 heavy (non-hydrogen) atoms. The highest BCUT2D eigenvalue weighted by molar-refractivity contribution is 5.18. The number of aryl methyl sites for hydroxylation is 3. The van der Waals surface area contributed by atoms with Crippen LogP contribution >= 0.6 is 0 Å². The molecule has 0 aliphatic heterocycles. The smallest absolute Gasteiger partial charge is 0.351 e. The van der Waals surface area contributed by atoms with E-state index >= 15 is 0 Å². The van der Waals surface area contributed by atoms with Gasteiger partial charge in [-0.3, -0.25) is 14.3 Å². The molecule has 2 rings (SSSR count). The summed E-state index contributed by atoms with van der Waals surface area (Å²) in [7, 11) is 4.85. The number of rotatable bonds is 1. The number of aromatic nitrogens is 5. The Morgan fingerprint density at radius 3 is 2.35 bits per heavy atom. The van der Waals surface area contributed by atoms with Crippen molar-refractivity contribution in [2.45, 2.75) is 6.92 Å². The Labute approximate surface area is 114 Å². The van der Waals surface area contributed by atoms with Crippen LogP contribution in [0.3, 0.4) is 0 Å². The Morgan fingerprint density at radius 2 is 1.85 bits per heavy atom. The van der Waals surface area contributed by atoms with Crippen LogP contribution in [-0.4, -0.2) is 31.1 Å². The molecule has 0 fully saturated rings. The molecular formula is C11H16N6O3. The van der Waals surface area contributed by atoms with Crippen molar-refractivity contribution in [2.75, 3.05) is 12.4 Å². The summed E-state index contributed by atoms with van der Waals surface area (Å²) in [6, 6.07) is 0. The van der Waals surface area contributed by atoms with Crippen molar-refractivity contribution in [2.24, 2.45) is 14.1 Å². The fourth-order valence-electron chi connectivity index (χ4n) is 1.20. The Bertz CT molecular complexity index is 726. The van der Waals surface area contributed by atoms with E-state index in [0.717, 1.165) is 0 Å². The predicted molar refractivity (Wildman–Crippen MR) is 73.9 cm³/mol. The van der Waals surface area contributed by atoms with Gasteiger partial charge in [-0.2, -0.15) is 4.98 Å². The monoisotopic (exact) mass is 280 g/mol. The van der Waals surface area contributed by atoms with E-state index in [1.54, 1.807) is 28.1 Å². The van der Waals surface area contributed by atoms with E-state index in [2.05, 4.69) is 20.3 Å². The maximum Gasteiger partial charge on any atom is 0.351 e. The highest BCUT2D eigenvalue weighted by Gasteiger charge is 1.94. The third kappa shape index (κ3) is 3.90. The van der Waals surface area contributed by atoms with Crippen molar-refractivity contribution in [3.8, 4) is 0 Å². The molecule has 0 spiro atoms. The maximum atomic E-state index is 10.8. The zero-order chi connectivity index (χ0) is 15.3. The molecule has 0 saturated heterocycles. The molecule has 9 nitrogen and oxygen atoms in total. The Kier molecular flexibility index (Phi) is 4.95. The topological polar surface area (TPSA) is 115 Å². The first-order chi connectivity index (χ1) is 9.35. The largest absolute Gasteiger partial charge is 0.357 e. The molecule has 2 aromatic rings. The van der Waals surface area contributed by atoms with Crippen LogP contribution in [0.25, 0.3) is 0 Å². The van der Waals surface area contributed by atoms with E-state index < -0.39 is 0 Å². The summed E-state index contributed by atoms with van der Waals surface area (Å²) in [4.78, 5) is 41.7. The average molecular weight is 280 g/mol. The molecule has 9 heteroatoms. The number of aromatic amines is 1. The third-order valence-electron chi connectivity index (χ3n) is 2.37. The first-order valence-electron chi connectivity index (χ1n) is 5.69. The zero-order valence-corrected chi connectivity index (χ0v) is 11.7. The molecule has 0 bridgehead atoms. The van der Waals surface area contributed by atoms with Crippen LogP contribution in [0.4, 0.5) is 5.95 Å². The van der Waals surface area contributed by atoms with Crippen LogP contribution in [0.2, 0.25) is 0 Å². The average Bonchev–Trinajstić information content (AvgIpc) is 2.40. The van der Waals surface area contributed by atoms with Crippen LogP contribution < -0.4 is 22.3 Å². The molecule has 2 N–H and O–H groups in total. The number of nitrogens with one attached hydrogen (secondary N) is 2. The van der Waals surface area contributed by atoms with E-state index in [1.165, 1.54) is 21.7 Å². The predicted octanol–water partition coefficient (Wildman–Crippen LogP) is -1.40. The van der Waals surface area contributed by atoms with Gasteiger partial charge in [-0.25, -0.2) is 14.6 Å². The van der Waals surface area contributed by atoms with E-state index in [9.17, 15) is 14.4 Å². The summed E-state index contributed by atoms with van der Waals surface area (Å²) in [6.07, 6.45) is 2.92. The van der Waals surface area contributed by atoms with Crippen LogP contribution in [0, 0.1) is 6.92 Å². The van der Waals surface area contributed by atoms with Crippen molar-refractivity contribution in [1.82, 2.24) is 24.1 Å². The van der Waals surface area contributed by atoms with E-state index in [4.69, 9.17) is 0 Å². The first kappa shape index (κ1) is 15.3. The van der Waals surface area contributed by atoms with Gasteiger partial charge < -0.3 is 9.88 Å². The molecule has 0 atom stereocenters. The second kappa shape index (κ2) is 6.45. The number of nitrogens with zero attached hydrogens (tertiary/aromatic N) is 4. The lowest BCUT2D eigenvalue weighted by atomic mass is 10.4. The Hall–Kier alpha value is -2.71.